The topological polar surface area (TPSA) is 107 Å². The average Bonchev–Trinajstić information content (AvgIpc) is 2.60. The second-order valence-electron chi connectivity index (χ2n) is 5.77. The maximum absolute atomic E-state index is 12.6. The number of fused-ring (bicyclic) bond motifs is 1. The Bertz CT molecular complexity index is 1040. The van der Waals surface area contributed by atoms with Gasteiger partial charge in [0.2, 0.25) is 0 Å². The number of amides is 1. The van der Waals surface area contributed by atoms with Crippen molar-refractivity contribution in [1.29, 1.82) is 0 Å². The Kier molecular flexibility index (Phi) is 4.29. The van der Waals surface area contributed by atoms with Gasteiger partial charge in [-0.05, 0) is 31.2 Å². The average molecular weight is 372 g/mol. The van der Waals surface area contributed by atoms with Crippen molar-refractivity contribution in [3.05, 3.63) is 70.9 Å². The number of sulfonamides is 1. The molecule has 0 radical (unpaired) electrons. The second-order valence-corrected chi connectivity index (χ2v) is 7.70. The van der Waals surface area contributed by atoms with E-state index in [4.69, 9.17) is 10.5 Å². The van der Waals surface area contributed by atoms with Crippen LogP contribution in [0.4, 0.5) is 0 Å². The number of primary amides is 1. The van der Waals surface area contributed by atoms with Crippen molar-refractivity contribution in [3.8, 4) is 0 Å². The zero-order chi connectivity index (χ0) is 19.1. The lowest BCUT2D eigenvalue weighted by atomic mass is 10.1. The molecule has 1 heterocycles. The number of ether oxygens (including phenoxy) is 1. The summed E-state index contributed by atoms with van der Waals surface area (Å²) in [5.41, 5.74) is 6.31. The molecule has 0 fully saturated rings. The molecule has 3 rings (SSSR count). The van der Waals surface area contributed by atoms with Crippen LogP contribution in [-0.2, 0) is 19.6 Å². The first-order valence-electron chi connectivity index (χ1n) is 7.64. The number of likely N-dealkylation sites (N-methyl/N-ethyl adjacent to an activating group) is 1. The Morgan fingerprint density at radius 1 is 1.04 bits per heavy atom. The highest BCUT2D eigenvalue weighted by molar-refractivity contribution is 7.89. The van der Waals surface area contributed by atoms with Crippen molar-refractivity contribution in [1.82, 2.24) is 4.31 Å². The lowest BCUT2D eigenvalue weighted by molar-refractivity contribution is -0.115. The van der Waals surface area contributed by atoms with Crippen LogP contribution in [0.3, 0.4) is 0 Å². The summed E-state index contributed by atoms with van der Waals surface area (Å²) in [7, 11) is -2.78. The summed E-state index contributed by atoms with van der Waals surface area (Å²) in [6.45, 7) is 1.88. The first-order chi connectivity index (χ1) is 12.2. The van der Waals surface area contributed by atoms with E-state index >= 15 is 0 Å². The van der Waals surface area contributed by atoms with Gasteiger partial charge in [0.1, 0.15) is 0 Å². The Labute approximate surface area is 150 Å². The molecule has 0 atom stereocenters. The molecular weight excluding hydrogens is 356 g/mol. The summed E-state index contributed by atoms with van der Waals surface area (Å²) in [6.07, 6.45) is 0. The minimum atomic E-state index is -3.97. The number of rotatable bonds is 3. The number of carbonyl (C=O) groups is 2. The van der Waals surface area contributed by atoms with Gasteiger partial charge in [0.15, 0.2) is 11.5 Å². The van der Waals surface area contributed by atoms with Crippen LogP contribution in [0, 0.1) is 6.92 Å². The first-order valence-corrected chi connectivity index (χ1v) is 9.08. The predicted octanol–water partition coefficient (Wildman–Crippen LogP) is 1.64. The highest BCUT2D eigenvalue weighted by atomic mass is 32.2. The molecule has 0 aliphatic carbocycles. The van der Waals surface area contributed by atoms with E-state index in [1.807, 2.05) is 6.92 Å². The molecule has 2 N–H and O–H groups in total. The molecule has 0 unspecified atom stereocenters. The third-order valence-corrected chi connectivity index (χ3v) is 5.83. The Balaban J connectivity index is 2.15. The molecule has 0 saturated carbocycles. The zero-order valence-electron chi connectivity index (χ0n) is 14.1. The molecule has 26 heavy (non-hydrogen) atoms. The van der Waals surface area contributed by atoms with Crippen LogP contribution < -0.4 is 5.73 Å². The number of nitrogens with zero attached hydrogens (tertiary/aromatic N) is 1. The van der Waals surface area contributed by atoms with E-state index in [1.165, 1.54) is 19.2 Å². The Morgan fingerprint density at radius 2 is 1.65 bits per heavy atom. The van der Waals surface area contributed by atoms with Crippen LogP contribution in [0.2, 0.25) is 0 Å². The van der Waals surface area contributed by atoms with Gasteiger partial charge in [-0.25, -0.2) is 13.2 Å². The fourth-order valence-electron chi connectivity index (χ4n) is 2.63. The quantitative estimate of drug-likeness (QED) is 0.824. The molecular formula is C18H16N2O5S. The van der Waals surface area contributed by atoms with E-state index in [0.29, 0.717) is 0 Å². The predicted molar refractivity (Wildman–Crippen MR) is 94.1 cm³/mol. The van der Waals surface area contributed by atoms with E-state index in [1.54, 1.807) is 36.4 Å². The normalized spacial score (nSPS) is 15.4. The van der Waals surface area contributed by atoms with Gasteiger partial charge >= 0.3 is 5.97 Å². The van der Waals surface area contributed by atoms with Crippen LogP contribution in [-0.4, -0.2) is 31.6 Å². The van der Waals surface area contributed by atoms with Gasteiger partial charge < -0.3 is 10.5 Å². The van der Waals surface area contributed by atoms with E-state index < -0.39 is 27.6 Å². The molecule has 1 aliphatic heterocycles. The van der Waals surface area contributed by atoms with Crippen molar-refractivity contribution >= 4 is 27.7 Å². The van der Waals surface area contributed by atoms with Crippen molar-refractivity contribution in [2.24, 2.45) is 5.73 Å². The standard InChI is InChI=1S/C18H16N2O5S/c1-11-7-9-12(10-8-11)18(22)25-16-13-5-3-4-6-14(13)26(23,24)20(2)15(16)17(19)21/h3-10H,1-2H3,(H2,19,21). The summed E-state index contributed by atoms with van der Waals surface area (Å²) in [5.74, 6) is -1.92. The van der Waals surface area contributed by atoms with E-state index in [0.717, 1.165) is 9.87 Å². The van der Waals surface area contributed by atoms with Crippen molar-refractivity contribution < 1.29 is 22.7 Å². The summed E-state index contributed by atoms with van der Waals surface area (Å²) in [4.78, 5) is 24.3. The molecule has 0 bridgehead atoms. The number of aryl methyl sites for hydroxylation is 1. The minimum absolute atomic E-state index is 0.0702. The highest BCUT2D eigenvalue weighted by Crippen LogP contribution is 2.36. The fourth-order valence-corrected chi connectivity index (χ4v) is 4.03. The Morgan fingerprint density at radius 3 is 2.27 bits per heavy atom. The van der Waals surface area contributed by atoms with Crippen LogP contribution >= 0.6 is 0 Å². The van der Waals surface area contributed by atoms with Gasteiger partial charge in [0, 0.05) is 12.6 Å². The molecule has 8 heteroatoms. The molecule has 7 nitrogen and oxygen atoms in total. The zero-order valence-corrected chi connectivity index (χ0v) is 14.9. The highest BCUT2D eigenvalue weighted by Gasteiger charge is 2.38. The largest absolute Gasteiger partial charge is 0.420 e. The molecule has 1 amide bonds. The van der Waals surface area contributed by atoms with Crippen LogP contribution in [0.25, 0.3) is 5.76 Å². The summed E-state index contributed by atoms with van der Waals surface area (Å²) in [5, 5.41) is 0. The molecule has 2 aromatic rings. The summed E-state index contributed by atoms with van der Waals surface area (Å²) >= 11 is 0. The van der Waals surface area contributed by atoms with E-state index in [-0.39, 0.29) is 21.8 Å². The Hall–Kier alpha value is -3.13. The number of benzene rings is 2. The van der Waals surface area contributed by atoms with E-state index in [9.17, 15) is 18.0 Å². The monoisotopic (exact) mass is 372 g/mol. The van der Waals surface area contributed by atoms with Crippen molar-refractivity contribution in [2.45, 2.75) is 11.8 Å². The summed E-state index contributed by atoms with van der Waals surface area (Å²) in [6, 6.07) is 12.6. The number of hydrogen-bond donors (Lipinski definition) is 1. The molecule has 0 saturated heterocycles. The number of hydrogen-bond acceptors (Lipinski definition) is 5. The third kappa shape index (κ3) is 2.84. The van der Waals surface area contributed by atoms with Crippen LogP contribution in [0.5, 0.6) is 0 Å². The van der Waals surface area contributed by atoms with Crippen molar-refractivity contribution in [2.75, 3.05) is 7.05 Å². The lowest BCUT2D eigenvalue weighted by Gasteiger charge is -2.29. The number of esters is 1. The molecule has 0 aromatic heterocycles. The third-order valence-electron chi connectivity index (χ3n) is 4.02. The molecule has 0 spiro atoms. The number of carbonyl (C=O) groups excluding carboxylic acids is 2. The van der Waals surface area contributed by atoms with E-state index in [2.05, 4.69) is 0 Å². The SMILES string of the molecule is Cc1ccc(C(=O)OC2=C(C(N)=O)N(C)S(=O)(=O)c3ccccc32)cc1. The summed E-state index contributed by atoms with van der Waals surface area (Å²) < 4.78 is 31.3. The van der Waals surface area contributed by atoms with Crippen molar-refractivity contribution in [3.63, 3.8) is 0 Å². The number of nitrogens with two attached hydrogens (primary N) is 1. The second kappa shape index (κ2) is 6.30. The van der Waals surface area contributed by atoms with Gasteiger partial charge in [0.25, 0.3) is 15.9 Å². The molecule has 1 aliphatic rings. The van der Waals surface area contributed by atoms with Gasteiger partial charge in [0.05, 0.1) is 10.5 Å². The van der Waals surface area contributed by atoms with Gasteiger partial charge in [-0.15, -0.1) is 0 Å². The van der Waals surface area contributed by atoms with Crippen LogP contribution in [0.1, 0.15) is 21.5 Å². The smallest absolute Gasteiger partial charge is 0.343 e. The maximum atomic E-state index is 12.6. The van der Waals surface area contributed by atoms with Gasteiger partial charge in [-0.1, -0.05) is 29.8 Å². The minimum Gasteiger partial charge on any atom is -0.420 e. The lowest BCUT2D eigenvalue weighted by Crippen LogP contribution is -2.38. The maximum Gasteiger partial charge on any atom is 0.343 e. The van der Waals surface area contributed by atoms with Gasteiger partial charge in [-0.2, -0.15) is 0 Å². The molecule has 2 aromatic carbocycles. The van der Waals surface area contributed by atoms with Gasteiger partial charge in [-0.3, -0.25) is 9.10 Å². The van der Waals surface area contributed by atoms with Crippen LogP contribution in [0.15, 0.2) is 59.1 Å². The fraction of sp³-hybridized carbons (Fsp3) is 0.111. The molecule has 134 valence electrons. The first kappa shape index (κ1) is 17.7.